The maximum atomic E-state index is 6.09. The van der Waals surface area contributed by atoms with E-state index in [1.165, 1.54) is 11.1 Å². The molecule has 5 rings (SSSR count). The number of aromatic amines is 1. The largest absolute Gasteiger partial charge is 0.339 e. The number of fused-ring (bicyclic) bond motifs is 1. The van der Waals surface area contributed by atoms with Crippen LogP contribution < -0.4 is 5.32 Å². The molecular formula is C20H15ClN10. The van der Waals surface area contributed by atoms with E-state index in [1.54, 1.807) is 19.3 Å². The van der Waals surface area contributed by atoms with Crippen LogP contribution in [0.25, 0.3) is 22.4 Å². The predicted molar refractivity (Wildman–Crippen MR) is 118 cm³/mol. The van der Waals surface area contributed by atoms with Gasteiger partial charge in [0.1, 0.15) is 17.5 Å². The molecule has 3 aromatic heterocycles. The van der Waals surface area contributed by atoms with Crippen molar-refractivity contribution in [3.63, 3.8) is 0 Å². The first-order valence-electron chi connectivity index (χ1n) is 9.26. The second-order valence-corrected chi connectivity index (χ2v) is 7.05. The van der Waals surface area contributed by atoms with Crippen molar-refractivity contribution in [3.8, 4) is 11.4 Å². The Balaban J connectivity index is 1.48. The lowest BCUT2D eigenvalue weighted by Crippen LogP contribution is -1.95. The molecule has 0 saturated heterocycles. The molecule has 0 radical (unpaired) electrons. The van der Waals surface area contributed by atoms with Gasteiger partial charge in [-0.05, 0) is 35.0 Å². The van der Waals surface area contributed by atoms with Gasteiger partial charge in [-0.1, -0.05) is 35.9 Å². The maximum absolute atomic E-state index is 6.09. The Labute approximate surface area is 181 Å². The van der Waals surface area contributed by atoms with E-state index < -0.39 is 0 Å². The number of anilines is 2. The van der Waals surface area contributed by atoms with Crippen LogP contribution in [0.4, 0.5) is 17.3 Å². The molecule has 0 aliphatic rings. The van der Waals surface area contributed by atoms with E-state index in [-0.39, 0.29) is 0 Å². The van der Waals surface area contributed by atoms with Crippen LogP contribution in [0.15, 0.2) is 59.9 Å². The van der Waals surface area contributed by atoms with Crippen LogP contribution in [-0.4, -0.2) is 46.6 Å². The lowest BCUT2D eigenvalue weighted by molar-refractivity contribution is 0.630. The van der Waals surface area contributed by atoms with Crippen LogP contribution in [-0.2, 0) is 7.05 Å². The second kappa shape index (κ2) is 7.92. The van der Waals surface area contributed by atoms with Crippen molar-refractivity contribution in [1.29, 1.82) is 0 Å². The Morgan fingerprint density at radius 1 is 1.13 bits per heavy atom. The first-order chi connectivity index (χ1) is 15.2. The minimum atomic E-state index is 0.504. The van der Waals surface area contributed by atoms with Gasteiger partial charge in [0, 0.05) is 22.5 Å². The lowest BCUT2D eigenvalue weighted by Gasteiger charge is -2.06. The van der Waals surface area contributed by atoms with Crippen LogP contribution >= 0.6 is 11.6 Å². The summed E-state index contributed by atoms with van der Waals surface area (Å²) in [6.45, 7) is 0. The Morgan fingerprint density at radius 2 is 2.03 bits per heavy atom. The first kappa shape index (κ1) is 18.8. The normalized spacial score (nSPS) is 11.4. The summed E-state index contributed by atoms with van der Waals surface area (Å²) in [5.41, 5.74) is 3.02. The Bertz CT molecular complexity index is 1400. The monoisotopic (exact) mass is 430 g/mol. The zero-order chi connectivity index (χ0) is 21.2. The lowest BCUT2D eigenvalue weighted by atomic mass is 10.1. The molecule has 0 saturated carbocycles. The molecule has 3 heterocycles. The molecule has 0 spiro atoms. The second-order valence-electron chi connectivity index (χ2n) is 6.61. The third kappa shape index (κ3) is 3.96. The summed E-state index contributed by atoms with van der Waals surface area (Å²) in [6.07, 6.45) is 3.17. The van der Waals surface area contributed by atoms with E-state index in [0.717, 1.165) is 16.8 Å². The average Bonchev–Trinajstić information content (AvgIpc) is 3.39. The first-order valence-corrected chi connectivity index (χ1v) is 9.64. The minimum Gasteiger partial charge on any atom is -0.339 e. The number of aromatic nitrogens is 8. The summed E-state index contributed by atoms with van der Waals surface area (Å²) >= 11 is 6.09. The van der Waals surface area contributed by atoms with Crippen LogP contribution in [0.1, 0.15) is 5.56 Å². The fourth-order valence-corrected chi connectivity index (χ4v) is 3.22. The number of H-pyrrole nitrogens is 1. The zero-order valence-electron chi connectivity index (χ0n) is 16.2. The number of aliphatic imine (C=N–C) groups is 1. The SMILES string of the molecule is Cn1nnc(-c2cccc(C=Nc3[nH]nc4ncnc(Nc5cccc(Cl)c5)c34)c2)n1. The van der Waals surface area contributed by atoms with Gasteiger partial charge in [0.2, 0.25) is 5.82 Å². The van der Waals surface area contributed by atoms with Crippen molar-refractivity contribution in [2.45, 2.75) is 0 Å². The molecule has 0 amide bonds. The molecule has 0 bridgehead atoms. The number of hydrogen-bond acceptors (Lipinski definition) is 8. The van der Waals surface area contributed by atoms with Crippen molar-refractivity contribution < 1.29 is 0 Å². The maximum Gasteiger partial charge on any atom is 0.204 e. The van der Waals surface area contributed by atoms with Gasteiger partial charge in [0.15, 0.2) is 11.5 Å². The van der Waals surface area contributed by atoms with E-state index >= 15 is 0 Å². The Kier molecular flexibility index (Phi) is 4.81. The molecule has 5 aromatic rings. The van der Waals surface area contributed by atoms with E-state index in [4.69, 9.17) is 11.6 Å². The van der Waals surface area contributed by atoms with Crippen molar-refractivity contribution in [2.24, 2.45) is 12.0 Å². The van der Waals surface area contributed by atoms with Crippen molar-refractivity contribution in [1.82, 2.24) is 40.4 Å². The van der Waals surface area contributed by atoms with Gasteiger partial charge >= 0.3 is 0 Å². The standard InChI is InChI=1S/C20H15ClN10/c1-31-29-17(28-30-31)13-5-2-4-12(8-13)10-22-19-16-18(23-11-24-20(16)27-26-19)25-15-7-3-6-14(21)9-15/h2-11H,1H3,(H2,23,24,25,26,27). The summed E-state index contributed by atoms with van der Waals surface area (Å²) in [7, 11) is 1.72. The van der Waals surface area contributed by atoms with E-state index in [1.807, 2.05) is 42.5 Å². The molecule has 2 aromatic carbocycles. The molecule has 0 unspecified atom stereocenters. The van der Waals surface area contributed by atoms with Crippen LogP contribution in [0, 0.1) is 0 Å². The molecule has 0 aliphatic carbocycles. The van der Waals surface area contributed by atoms with Crippen LogP contribution in [0.3, 0.4) is 0 Å². The van der Waals surface area contributed by atoms with Crippen molar-refractivity contribution in [3.05, 3.63) is 65.4 Å². The predicted octanol–water partition coefficient (Wildman–Crippen LogP) is 3.69. The van der Waals surface area contributed by atoms with Gasteiger partial charge in [0.25, 0.3) is 0 Å². The van der Waals surface area contributed by atoms with Crippen molar-refractivity contribution in [2.75, 3.05) is 5.32 Å². The number of halogens is 1. The number of rotatable bonds is 5. The number of tetrazole rings is 1. The van der Waals surface area contributed by atoms with E-state index in [9.17, 15) is 0 Å². The molecule has 2 N–H and O–H groups in total. The highest BCUT2D eigenvalue weighted by molar-refractivity contribution is 6.30. The topological polar surface area (TPSA) is 122 Å². The number of hydrogen-bond donors (Lipinski definition) is 2. The summed E-state index contributed by atoms with van der Waals surface area (Å²) < 4.78 is 0. The highest BCUT2D eigenvalue weighted by Gasteiger charge is 2.12. The average molecular weight is 431 g/mol. The quantitative estimate of drug-likeness (QED) is 0.407. The fourth-order valence-electron chi connectivity index (χ4n) is 3.03. The number of nitrogens with one attached hydrogen (secondary N) is 2. The van der Waals surface area contributed by atoms with E-state index in [2.05, 4.69) is 45.9 Å². The fraction of sp³-hybridized carbons (Fsp3) is 0.0500. The van der Waals surface area contributed by atoms with Gasteiger partial charge < -0.3 is 5.32 Å². The van der Waals surface area contributed by atoms with Gasteiger partial charge in [-0.15, -0.1) is 10.2 Å². The summed E-state index contributed by atoms with van der Waals surface area (Å²) in [5.74, 6) is 1.65. The molecule has 0 fully saturated rings. The number of benzene rings is 2. The van der Waals surface area contributed by atoms with E-state index in [0.29, 0.717) is 33.5 Å². The molecular weight excluding hydrogens is 416 g/mol. The van der Waals surface area contributed by atoms with Gasteiger partial charge in [0.05, 0.1) is 7.05 Å². The third-order valence-electron chi connectivity index (χ3n) is 4.42. The van der Waals surface area contributed by atoms with Crippen LogP contribution in [0.5, 0.6) is 0 Å². The van der Waals surface area contributed by atoms with Gasteiger partial charge in [-0.3, -0.25) is 5.10 Å². The highest BCUT2D eigenvalue weighted by Crippen LogP contribution is 2.30. The highest BCUT2D eigenvalue weighted by atomic mass is 35.5. The molecule has 0 atom stereocenters. The molecule has 0 aliphatic heterocycles. The Morgan fingerprint density at radius 3 is 2.87 bits per heavy atom. The number of aryl methyl sites for hydroxylation is 1. The van der Waals surface area contributed by atoms with Gasteiger partial charge in [-0.2, -0.15) is 9.90 Å². The smallest absolute Gasteiger partial charge is 0.204 e. The molecule has 11 heteroatoms. The summed E-state index contributed by atoms with van der Waals surface area (Å²) in [6, 6.07) is 15.1. The molecule has 31 heavy (non-hydrogen) atoms. The molecule has 152 valence electrons. The summed E-state index contributed by atoms with van der Waals surface area (Å²) in [4.78, 5) is 14.6. The third-order valence-corrected chi connectivity index (χ3v) is 4.65. The zero-order valence-corrected chi connectivity index (χ0v) is 17.0. The van der Waals surface area contributed by atoms with Gasteiger partial charge in [-0.25, -0.2) is 15.0 Å². The van der Waals surface area contributed by atoms with Crippen LogP contribution in [0.2, 0.25) is 5.02 Å². The summed E-state index contributed by atoms with van der Waals surface area (Å²) in [5, 5.41) is 23.8. The number of nitrogens with zero attached hydrogens (tertiary/aromatic N) is 8. The Hall–Kier alpha value is -4.18. The van der Waals surface area contributed by atoms with Crippen molar-refractivity contribution >= 4 is 46.2 Å². The minimum absolute atomic E-state index is 0.504. The molecule has 10 nitrogen and oxygen atoms in total.